The molecule has 0 radical (unpaired) electrons. The standard InChI is InChI=1S/C15H24N2O3/c1-15(2,3)20-9-8-19-13-10-11(16)6-7-12(13)14(18)17(4)5/h6-7,10H,8-9,16H2,1-5H3. The Balaban J connectivity index is 2.73. The monoisotopic (exact) mass is 280 g/mol. The summed E-state index contributed by atoms with van der Waals surface area (Å²) >= 11 is 0. The first-order chi connectivity index (χ1) is 9.20. The summed E-state index contributed by atoms with van der Waals surface area (Å²) in [6.45, 7) is 6.76. The van der Waals surface area contributed by atoms with Crippen molar-refractivity contribution >= 4 is 11.6 Å². The van der Waals surface area contributed by atoms with Gasteiger partial charge in [-0.15, -0.1) is 0 Å². The van der Waals surface area contributed by atoms with Crippen LogP contribution in [0.4, 0.5) is 5.69 Å². The molecule has 0 aliphatic rings. The second-order valence-corrected chi connectivity index (χ2v) is 5.76. The number of nitrogen functional groups attached to an aromatic ring is 1. The van der Waals surface area contributed by atoms with Crippen LogP contribution in [0.5, 0.6) is 5.75 Å². The van der Waals surface area contributed by atoms with Crippen molar-refractivity contribution in [2.45, 2.75) is 26.4 Å². The molecule has 5 heteroatoms. The summed E-state index contributed by atoms with van der Waals surface area (Å²) < 4.78 is 11.2. The molecule has 0 spiro atoms. The van der Waals surface area contributed by atoms with E-state index >= 15 is 0 Å². The predicted molar refractivity (Wildman–Crippen MR) is 80.1 cm³/mol. The van der Waals surface area contributed by atoms with Gasteiger partial charge >= 0.3 is 0 Å². The van der Waals surface area contributed by atoms with E-state index in [0.717, 1.165) is 0 Å². The lowest BCUT2D eigenvalue weighted by Crippen LogP contribution is -2.24. The van der Waals surface area contributed by atoms with E-state index in [2.05, 4.69) is 0 Å². The van der Waals surface area contributed by atoms with E-state index in [4.69, 9.17) is 15.2 Å². The van der Waals surface area contributed by atoms with Gasteiger partial charge in [-0.05, 0) is 32.9 Å². The average molecular weight is 280 g/mol. The minimum absolute atomic E-state index is 0.114. The van der Waals surface area contributed by atoms with Crippen molar-refractivity contribution in [3.05, 3.63) is 23.8 Å². The van der Waals surface area contributed by atoms with E-state index in [1.165, 1.54) is 4.90 Å². The van der Waals surface area contributed by atoms with Gasteiger partial charge in [0.1, 0.15) is 12.4 Å². The van der Waals surface area contributed by atoms with Crippen LogP contribution in [0.3, 0.4) is 0 Å². The number of anilines is 1. The number of carbonyl (C=O) groups is 1. The van der Waals surface area contributed by atoms with Gasteiger partial charge in [0.15, 0.2) is 0 Å². The van der Waals surface area contributed by atoms with Crippen molar-refractivity contribution in [3.63, 3.8) is 0 Å². The maximum absolute atomic E-state index is 12.0. The molecule has 0 aromatic heterocycles. The fourth-order valence-corrected chi connectivity index (χ4v) is 1.58. The SMILES string of the molecule is CN(C)C(=O)c1ccc(N)cc1OCCOC(C)(C)C. The van der Waals surface area contributed by atoms with Crippen LogP contribution in [0.2, 0.25) is 0 Å². The van der Waals surface area contributed by atoms with Gasteiger partial charge in [0.25, 0.3) is 5.91 Å². The summed E-state index contributed by atoms with van der Waals surface area (Å²) in [6, 6.07) is 5.03. The highest BCUT2D eigenvalue weighted by Gasteiger charge is 2.15. The number of carbonyl (C=O) groups excluding carboxylic acids is 1. The average Bonchev–Trinajstić information content (AvgIpc) is 2.33. The summed E-state index contributed by atoms with van der Waals surface area (Å²) in [5, 5.41) is 0. The maximum Gasteiger partial charge on any atom is 0.257 e. The highest BCUT2D eigenvalue weighted by Crippen LogP contribution is 2.23. The number of nitrogens with zero attached hydrogens (tertiary/aromatic N) is 1. The van der Waals surface area contributed by atoms with Crippen molar-refractivity contribution < 1.29 is 14.3 Å². The Morgan fingerprint density at radius 2 is 1.90 bits per heavy atom. The zero-order valence-electron chi connectivity index (χ0n) is 12.9. The van der Waals surface area contributed by atoms with Gasteiger partial charge in [0.05, 0.1) is 17.8 Å². The van der Waals surface area contributed by atoms with Crippen LogP contribution in [0.15, 0.2) is 18.2 Å². The molecule has 5 nitrogen and oxygen atoms in total. The zero-order valence-corrected chi connectivity index (χ0v) is 12.9. The Labute approximate surface area is 120 Å². The summed E-state index contributed by atoms with van der Waals surface area (Å²) in [7, 11) is 3.40. The molecule has 112 valence electrons. The Bertz CT molecular complexity index is 465. The zero-order chi connectivity index (χ0) is 15.3. The highest BCUT2D eigenvalue weighted by molar-refractivity contribution is 5.97. The van der Waals surface area contributed by atoms with Crippen molar-refractivity contribution in [3.8, 4) is 5.75 Å². The molecule has 0 bridgehead atoms. The van der Waals surface area contributed by atoms with E-state index < -0.39 is 0 Å². The molecule has 1 amide bonds. The molecule has 0 fully saturated rings. The molecule has 0 unspecified atom stereocenters. The molecule has 1 rings (SSSR count). The van der Waals surface area contributed by atoms with Crippen LogP contribution in [-0.2, 0) is 4.74 Å². The molecular weight excluding hydrogens is 256 g/mol. The third kappa shape index (κ3) is 5.09. The van der Waals surface area contributed by atoms with Gasteiger partial charge in [-0.1, -0.05) is 0 Å². The molecule has 20 heavy (non-hydrogen) atoms. The summed E-state index contributed by atoms with van der Waals surface area (Å²) in [5.74, 6) is 0.373. The molecule has 1 aromatic carbocycles. The number of hydrogen-bond donors (Lipinski definition) is 1. The largest absolute Gasteiger partial charge is 0.490 e. The molecule has 2 N–H and O–H groups in total. The number of amides is 1. The summed E-state index contributed by atoms with van der Waals surface area (Å²) in [4.78, 5) is 13.5. The lowest BCUT2D eigenvalue weighted by atomic mass is 10.1. The Morgan fingerprint density at radius 1 is 1.25 bits per heavy atom. The van der Waals surface area contributed by atoms with E-state index in [-0.39, 0.29) is 11.5 Å². The number of ether oxygens (including phenoxy) is 2. The second-order valence-electron chi connectivity index (χ2n) is 5.76. The topological polar surface area (TPSA) is 64.8 Å². The van der Waals surface area contributed by atoms with Crippen LogP contribution in [0, 0.1) is 0 Å². The Kier molecular flexibility index (Phi) is 5.39. The van der Waals surface area contributed by atoms with Crippen LogP contribution >= 0.6 is 0 Å². The van der Waals surface area contributed by atoms with Crippen molar-refractivity contribution in [1.82, 2.24) is 4.90 Å². The lowest BCUT2D eigenvalue weighted by Gasteiger charge is -2.20. The molecule has 0 aliphatic carbocycles. The minimum Gasteiger partial charge on any atom is -0.490 e. The fourth-order valence-electron chi connectivity index (χ4n) is 1.58. The van der Waals surface area contributed by atoms with Crippen molar-refractivity contribution in [1.29, 1.82) is 0 Å². The van der Waals surface area contributed by atoms with Gasteiger partial charge in [-0.25, -0.2) is 0 Å². The Morgan fingerprint density at radius 3 is 2.45 bits per heavy atom. The van der Waals surface area contributed by atoms with Gasteiger partial charge in [-0.3, -0.25) is 4.79 Å². The lowest BCUT2D eigenvalue weighted by molar-refractivity contribution is -0.0164. The molecule has 0 aliphatic heterocycles. The molecule has 1 aromatic rings. The van der Waals surface area contributed by atoms with E-state index in [1.54, 1.807) is 32.3 Å². The number of rotatable bonds is 5. The van der Waals surface area contributed by atoms with Crippen LogP contribution in [0.1, 0.15) is 31.1 Å². The third-order valence-corrected chi connectivity index (χ3v) is 2.52. The van der Waals surface area contributed by atoms with Crippen molar-refractivity contribution in [2.75, 3.05) is 33.0 Å². The Hall–Kier alpha value is -1.75. The first-order valence-corrected chi connectivity index (χ1v) is 6.58. The molecule has 0 saturated heterocycles. The number of hydrogen-bond acceptors (Lipinski definition) is 4. The third-order valence-electron chi connectivity index (χ3n) is 2.52. The maximum atomic E-state index is 12.0. The number of nitrogens with two attached hydrogens (primary N) is 1. The fraction of sp³-hybridized carbons (Fsp3) is 0.533. The number of benzene rings is 1. The van der Waals surface area contributed by atoms with Crippen LogP contribution < -0.4 is 10.5 Å². The normalized spacial score (nSPS) is 11.2. The molecular formula is C15H24N2O3. The summed E-state index contributed by atoms with van der Waals surface area (Å²) in [6.07, 6.45) is 0. The van der Waals surface area contributed by atoms with Gasteiger partial charge in [0, 0.05) is 25.8 Å². The second kappa shape index (κ2) is 6.61. The van der Waals surface area contributed by atoms with Crippen LogP contribution in [0.25, 0.3) is 0 Å². The first kappa shape index (κ1) is 16.3. The van der Waals surface area contributed by atoms with Gasteiger partial charge in [-0.2, -0.15) is 0 Å². The van der Waals surface area contributed by atoms with Crippen molar-refractivity contribution in [2.24, 2.45) is 0 Å². The van der Waals surface area contributed by atoms with Gasteiger partial charge < -0.3 is 20.1 Å². The van der Waals surface area contributed by atoms with Crippen LogP contribution in [-0.4, -0.2) is 43.7 Å². The predicted octanol–water partition coefficient (Wildman–Crippen LogP) is 2.16. The molecule has 0 heterocycles. The quantitative estimate of drug-likeness (QED) is 0.663. The minimum atomic E-state index is -0.207. The van der Waals surface area contributed by atoms with Gasteiger partial charge in [0.2, 0.25) is 0 Å². The molecule has 0 atom stereocenters. The molecule has 0 saturated carbocycles. The van der Waals surface area contributed by atoms with E-state index in [0.29, 0.717) is 30.2 Å². The first-order valence-electron chi connectivity index (χ1n) is 6.58. The van der Waals surface area contributed by atoms with E-state index in [1.807, 2.05) is 20.8 Å². The van der Waals surface area contributed by atoms with E-state index in [9.17, 15) is 4.79 Å². The smallest absolute Gasteiger partial charge is 0.257 e. The summed E-state index contributed by atoms with van der Waals surface area (Å²) in [5.41, 5.74) is 6.60. The highest BCUT2D eigenvalue weighted by atomic mass is 16.5.